The van der Waals surface area contributed by atoms with Crippen LogP contribution >= 0.6 is 23.4 Å². The van der Waals surface area contributed by atoms with Gasteiger partial charge in [0.15, 0.2) is 0 Å². The fourth-order valence-corrected chi connectivity index (χ4v) is 3.00. The van der Waals surface area contributed by atoms with Gasteiger partial charge in [-0.3, -0.25) is 0 Å². The van der Waals surface area contributed by atoms with E-state index in [0.717, 1.165) is 30.8 Å². The van der Waals surface area contributed by atoms with Crippen molar-refractivity contribution in [1.82, 2.24) is 10.2 Å². The van der Waals surface area contributed by atoms with E-state index >= 15 is 0 Å². The molecule has 100 valence electrons. The minimum atomic E-state index is 0.306. The molecule has 19 heavy (non-hydrogen) atoms. The molecule has 0 radical (unpaired) electrons. The van der Waals surface area contributed by atoms with Crippen LogP contribution in [-0.4, -0.2) is 28.7 Å². The van der Waals surface area contributed by atoms with Crippen molar-refractivity contribution in [2.24, 2.45) is 0 Å². The van der Waals surface area contributed by atoms with Crippen molar-refractivity contribution in [2.75, 3.05) is 12.4 Å². The molecule has 0 bridgehead atoms. The Bertz CT molecular complexity index is 555. The fraction of sp³-hybridized carbons (Fsp3) is 0.385. The molecule has 3 rings (SSSR count). The van der Waals surface area contributed by atoms with Crippen LogP contribution in [0.2, 0.25) is 5.02 Å². The van der Waals surface area contributed by atoms with Gasteiger partial charge in [-0.2, -0.15) is 0 Å². The average molecular weight is 297 g/mol. The van der Waals surface area contributed by atoms with Crippen LogP contribution in [0.5, 0.6) is 0 Å². The summed E-state index contributed by atoms with van der Waals surface area (Å²) in [5.74, 6) is 1.31. The third kappa shape index (κ3) is 3.11. The maximum absolute atomic E-state index is 6.09. The Morgan fingerprint density at radius 2 is 2.21 bits per heavy atom. The first-order valence-corrected chi connectivity index (χ1v) is 7.52. The zero-order chi connectivity index (χ0) is 13.1. The molecular formula is C13H13ClN2O2S. The van der Waals surface area contributed by atoms with Crippen LogP contribution in [0.25, 0.3) is 11.5 Å². The second-order valence-corrected chi connectivity index (χ2v) is 5.68. The first-order valence-electron chi connectivity index (χ1n) is 6.16. The maximum Gasteiger partial charge on any atom is 0.276 e. The molecule has 0 aliphatic carbocycles. The van der Waals surface area contributed by atoms with E-state index in [0.29, 0.717) is 22.2 Å². The van der Waals surface area contributed by atoms with Crippen LogP contribution in [0.15, 0.2) is 33.9 Å². The Morgan fingerprint density at radius 3 is 3.00 bits per heavy atom. The second kappa shape index (κ2) is 5.94. The summed E-state index contributed by atoms with van der Waals surface area (Å²) in [6.07, 6.45) is 2.55. The number of hydrogen-bond acceptors (Lipinski definition) is 5. The van der Waals surface area contributed by atoms with Crippen molar-refractivity contribution in [3.8, 4) is 11.5 Å². The van der Waals surface area contributed by atoms with Gasteiger partial charge in [0.25, 0.3) is 5.22 Å². The average Bonchev–Trinajstić information content (AvgIpc) is 3.08. The zero-order valence-electron chi connectivity index (χ0n) is 10.2. The summed E-state index contributed by atoms with van der Waals surface area (Å²) in [6.45, 7) is 0.861. The first-order chi connectivity index (χ1) is 9.33. The van der Waals surface area contributed by atoms with Crippen molar-refractivity contribution < 1.29 is 9.15 Å². The van der Waals surface area contributed by atoms with Gasteiger partial charge in [0.1, 0.15) is 0 Å². The summed E-state index contributed by atoms with van der Waals surface area (Å²) in [5.41, 5.74) is 0.764. The lowest BCUT2D eigenvalue weighted by atomic mass is 10.2. The monoisotopic (exact) mass is 296 g/mol. The molecule has 1 aliphatic heterocycles. The fourth-order valence-electron chi connectivity index (χ4n) is 1.95. The highest BCUT2D eigenvalue weighted by Crippen LogP contribution is 2.29. The summed E-state index contributed by atoms with van der Waals surface area (Å²) < 4.78 is 11.2. The predicted molar refractivity (Wildman–Crippen MR) is 74.4 cm³/mol. The molecule has 0 spiro atoms. The van der Waals surface area contributed by atoms with Crippen molar-refractivity contribution >= 4 is 23.4 Å². The number of benzene rings is 1. The topological polar surface area (TPSA) is 48.2 Å². The number of thioether (sulfide) groups is 1. The van der Waals surface area contributed by atoms with Gasteiger partial charge in [0.2, 0.25) is 5.89 Å². The van der Waals surface area contributed by atoms with E-state index in [1.807, 2.05) is 18.2 Å². The van der Waals surface area contributed by atoms with Gasteiger partial charge in [-0.05, 0) is 25.0 Å². The molecule has 1 aliphatic rings. The van der Waals surface area contributed by atoms with Crippen LogP contribution in [0.4, 0.5) is 0 Å². The number of aromatic nitrogens is 2. The minimum absolute atomic E-state index is 0.306. The van der Waals surface area contributed by atoms with Crippen molar-refractivity contribution in [3.05, 3.63) is 29.3 Å². The standard InChI is InChI=1S/C13H13ClN2O2S/c14-11-6-2-1-5-10(11)12-15-16-13(18-12)19-8-9-4-3-7-17-9/h1-2,5-6,9H,3-4,7-8H2. The molecule has 1 unspecified atom stereocenters. The number of halogens is 1. The number of rotatable bonds is 4. The lowest BCUT2D eigenvalue weighted by Crippen LogP contribution is -2.07. The lowest BCUT2D eigenvalue weighted by Gasteiger charge is -2.05. The van der Waals surface area contributed by atoms with Gasteiger partial charge in [0.05, 0.1) is 16.7 Å². The van der Waals surface area contributed by atoms with Gasteiger partial charge in [0, 0.05) is 12.4 Å². The number of nitrogens with zero attached hydrogens (tertiary/aromatic N) is 2. The second-order valence-electron chi connectivity index (χ2n) is 4.30. The van der Waals surface area contributed by atoms with Gasteiger partial charge in [-0.15, -0.1) is 10.2 Å². The molecule has 1 atom stereocenters. The lowest BCUT2D eigenvalue weighted by molar-refractivity contribution is 0.128. The van der Waals surface area contributed by atoms with Crippen LogP contribution < -0.4 is 0 Å². The van der Waals surface area contributed by atoms with E-state index in [4.69, 9.17) is 20.8 Å². The Labute approximate surface area is 120 Å². The molecule has 0 saturated carbocycles. The largest absolute Gasteiger partial charge is 0.411 e. The van der Waals surface area contributed by atoms with Crippen molar-refractivity contribution in [2.45, 2.75) is 24.2 Å². The summed E-state index contributed by atoms with van der Waals surface area (Å²) in [4.78, 5) is 0. The smallest absolute Gasteiger partial charge is 0.276 e. The van der Waals surface area contributed by atoms with E-state index in [1.165, 1.54) is 11.8 Å². The SMILES string of the molecule is Clc1ccccc1-c1nnc(SCC2CCCO2)o1. The molecule has 2 aromatic rings. The summed E-state index contributed by atoms with van der Waals surface area (Å²) in [7, 11) is 0. The third-order valence-electron chi connectivity index (χ3n) is 2.93. The molecule has 2 heterocycles. The molecule has 1 aromatic carbocycles. The normalized spacial score (nSPS) is 18.9. The Hall–Kier alpha value is -1.04. The van der Waals surface area contributed by atoms with Crippen LogP contribution in [0.3, 0.4) is 0 Å². The van der Waals surface area contributed by atoms with Crippen LogP contribution in [0.1, 0.15) is 12.8 Å². The molecular weight excluding hydrogens is 284 g/mol. The van der Waals surface area contributed by atoms with E-state index < -0.39 is 0 Å². The van der Waals surface area contributed by atoms with Gasteiger partial charge < -0.3 is 9.15 Å². The van der Waals surface area contributed by atoms with Gasteiger partial charge >= 0.3 is 0 Å². The zero-order valence-corrected chi connectivity index (χ0v) is 11.8. The predicted octanol–water partition coefficient (Wildman–Crippen LogP) is 3.66. The van der Waals surface area contributed by atoms with Crippen molar-refractivity contribution in [1.29, 1.82) is 0 Å². The highest BCUT2D eigenvalue weighted by molar-refractivity contribution is 7.99. The quantitative estimate of drug-likeness (QED) is 0.806. The summed E-state index contributed by atoms with van der Waals surface area (Å²) in [6, 6.07) is 7.44. The van der Waals surface area contributed by atoms with Crippen LogP contribution in [-0.2, 0) is 4.74 Å². The minimum Gasteiger partial charge on any atom is -0.411 e. The van der Waals surface area contributed by atoms with E-state index in [-0.39, 0.29) is 0 Å². The molecule has 0 amide bonds. The first kappa shape index (κ1) is 13.0. The number of hydrogen-bond donors (Lipinski definition) is 0. The Balaban J connectivity index is 1.67. The van der Waals surface area contributed by atoms with E-state index in [9.17, 15) is 0 Å². The molecule has 0 N–H and O–H groups in total. The Kier molecular flexibility index (Phi) is 4.06. The van der Waals surface area contributed by atoms with E-state index in [1.54, 1.807) is 6.07 Å². The Morgan fingerprint density at radius 1 is 1.32 bits per heavy atom. The molecule has 1 fully saturated rings. The summed E-state index contributed by atoms with van der Waals surface area (Å²) in [5, 5.41) is 9.23. The van der Waals surface area contributed by atoms with Gasteiger partial charge in [-0.1, -0.05) is 35.5 Å². The molecule has 6 heteroatoms. The van der Waals surface area contributed by atoms with E-state index in [2.05, 4.69) is 10.2 Å². The third-order valence-corrected chi connectivity index (χ3v) is 4.21. The van der Waals surface area contributed by atoms with Crippen molar-refractivity contribution in [3.63, 3.8) is 0 Å². The maximum atomic E-state index is 6.09. The van der Waals surface area contributed by atoms with Crippen LogP contribution in [0, 0.1) is 0 Å². The highest BCUT2D eigenvalue weighted by Gasteiger charge is 2.18. The number of ether oxygens (including phenoxy) is 1. The molecule has 1 saturated heterocycles. The highest BCUT2D eigenvalue weighted by atomic mass is 35.5. The molecule has 4 nitrogen and oxygen atoms in total. The summed E-state index contributed by atoms with van der Waals surface area (Å²) >= 11 is 7.62. The molecule has 1 aromatic heterocycles. The van der Waals surface area contributed by atoms with Gasteiger partial charge in [-0.25, -0.2) is 0 Å².